The van der Waals surface area contributed by atoms with Crippen LogP contribution in [0.25, 0.3) is 0 Å². The summed E-state index contributed by atoms with van der Waals surface area (Å²) in [5, 5.41) is 12.2. The molecular weight excluding hydrogens is 433 g/mol. The molecule has 4 rings (SSSR count). The zero-order valence-corrected chi connectivity index (χ0v) is 17.1. The molecule has 2 fully saturated rings. The molecule has 9 heteroatoms. The number of carboxylic acid groups (broad SMARTS) is 1. The molecule has 2 aromatic rings. The zero-order valence-electron chi connectivity index (χ0n) is 16.3. The quantitative estimate of drug-likeness (QED) is 0.626. The van der Waals surface area contributed by atoms with E-state index >= 15 is 0 Å². The van der Waals surface area contributed by atoms with E-state index in [1.807, 2.05) is 0 Å². The molecule has 0 radical (unpaired) electrons. The first-order chi connectivity index (χ1) is 14.6. The van der Waals surface area contributed by atoms with E-state index in [4.69, 9.17) is 11.6 Å². The molecule has 2 aromatic carbocycles. The Morgan fingerprint density at radius 2 is 1.71 bits per heavy atom. The van der Waals surface area contributed by atoms with Crippen molar-refractivity contribution in [1.29, 1.82) is 0 Å². The van der Waals surface area contributed by atoms with E-state index in [0.717, 1.165) is 6.07 Å². The molecule has 0 spiro atoms. The number of rotatable bonds is 3. The molecule has 0 bridgehead atoms. The highest BCUT2D eigenvalue weighted by atomic mass is 35.5. The van der Waals surface area contributed by atoms with Crippen molar-refractivity contribution in [3.63, 3.8) is 0 Å². The molecular formula is C22H20ClF3N2O3. The van der Waals surface area contributed by atoms with Gasteiger partial charge in [0.15, 0.2) is 0 Å². The third-order valence-corrected chi connectivity index (χ3v) is 6.43. The number of nitrogens with zero attached hydrogens (tertiary/aromatic N) is 1. The second kappa shape index (κ2) is 8.07. The average molecular weight is 453 g/mol. The third kappa shape index (κ3) is 4.35. The first kappa shape index (κ1) is 21.5. The van der Waals surface area contributed by atoms with Crippen LogP contribution in [0.2, 0.25) is 5.02 Å². The molecule has 1 heterocycles. The van der Waals surface area contributed by atoms with Crippen molar-refractivity contribution in [2.24, 2.45) is 11.8 Å². The van der Waals surface area contributed by atoms with Crippen LogP contribution in [-0.2, 0) is 6.18 Å². The fourth-order valence-corrected chi connectivity index (χ4v) is 5.00. The molecule has 2 amide bonds. The molecule has 0 unspecified atom stereocenters. The Kier molecular flexibility index (Phi) is 5.60. The Morgan fingerprint density at radius 3 is 2.32 bits per heavy atom. The van der Waals surface area contributed by atoms with E-state index in [9.17, 15) is 27.9 Å². The predicted molar refractivity (Wildman–Crippen MR) is 109 cm³/mol. The van der Waals surface area contributed by atoms with Crippen LogP contribution in [0.15, 0.2) is 42.5 Å². The number of likely N-dealkylation sites (tertiary alicyclic amines) is 1. The van der Waals surface area contributed by atoms with Crippen LogP contribution in [-0.4, -0.2) is 35.1 Å². The smallest absolute Gasteiger partial charge is 0.416 e. The second-order valence-corrected chi connectivity index (χ2v) is 8.54. The maximum atomic E-state index is 13.4. The van der Waals surface area contributed by atoms with Crippen molar-refractivity contribution in [1.82, 2.24) is 4.90 Å². The minimum absolute atomic E-state index is 0.107. The van der Waals surface area contributed by atoms with Gasteiger partial charge in [0.25, 0.3) is 0 Å². The Balaban J connectivity index is 1.43. The molecule has 31 heavy (non-hydrogen) atoms. The van der Waals surface area contributed by atoms with E-state index in [0.29, 0.717) is 31.5 Å². The largest absolute Gasteiger partial charge is 0.478 e. The van der Waals surface area contributed by atoms with E-state index in [-0.39, 0.29) is 34.0 Å². The van der Waals surface area contributed by atoms with E-state index in [1.54, 1.807) is 17.0 Å². The molecule has 1 saturated carbocycles. The van der Waals surface area contributed by atoms with Gasteiger partial charge in [0.2, 0.25) is 0 Å². The lowest BCUT2D eigenvalue weighted by molar-refractivity contribution is -0.138. The Bertz CT molecular complexity index is 1010. The van der Waals surface area contributed by atoms with Crippen molar-refractivity contribution in [3.05, 3.63) is 64.2 Å². The summed E-state index contributed by atoms with van der Waals surface area (Å²) in [6, 6.07) is 9.46. The summed E-state index contributed by atoms with van der Waals surface area (Å²) in [5.74, 6) is -1.17. The fraction of sp³-hybridized carbons (Fsp3) is 0.364. The summed E-state index contributed by atoms with van der Waals surface area (Å²) in [6.07, 6.45) is -3.22. The van der Waals surface area contributed by atoms with Gasteiger partial charge in [-0.2, -0.15) is 13.2 Å². The normalized spacial score (nSPS) is 23.0. The van der Waals surface area contributed by atoms with Crippen LogP contribution < -0.4 is 5.32 Å². The third-order valence-electron chi connectivity index (χ3n) is 6.20. The van der Waals surface area contributed by atoms with Gasteiger partial charge in [-0.15, -0.1) is 0 Å². The lowest BCUT2D eigenvalue weighted by Gasteiger charge is -2.22. The maximum Gasteiger partial charge on any atom is 0.416 e. The number of halogens is 4. The van der Waals surface area contributed by atoms with Crippen LogP contribution in [0.5, 0.6) is 0 Å². The summed E-state index contributed by atoms with van der Waals surface area (Å²) in [6.45, 7) is 0.856. The van der Waals surface area contributed by atoms with Crippen molar-refractivity contribution < 1.29 is 27.9 Å². The predicted octanol–water partition coefficient (Wildman–Crippen LogP) is 5.71. The van der Waals surface area contributed by atoms with Crippen LogP contribution in [0.1, 0.15) is 40.2 Å². The number of nitrogens with one attached hydrogen (secondary N) is 1. The number of amides is 2. The van der Waals surface area contributed by atoms with Crippen LogP contribution >= 0.6 is 11.6 Å². The molecule has 3 atom stereocenters. The highest BCUT2D eigenvalue weighted by Crippen LogP contribution is 2.48. The van der Waals surface area contributed by atoms with Gasteiger partial charge in [-0.3, -0.25) is 0 Å². The van der Waals surface area contributed by atoms with Crippen molar-refractivity contribution in [3.8, 4) is 0 Å². The lowest BCUT2D eigenvalue weighted by Crippen LogP contribution is -2.34. The van der Waals surface area contributed by atoms with Gasteiger partial charge in [0.1, 0.15) is 0 Å². The fourth-order valence-electron chi connectivity index (χ4n) is 4.83. The average Bonchev–Trinajstić information content (AvgIpc) is 3.28. The summed E-state index contributed by atoms with van der Waals surface area (Å²) in [5.41, 5.74) is -0.216. The Morgan fingerprint density at radius 1 is 1.06 bits per heavy atom. The van der Waals surface area contributed by atoms with E-state index in [1.165, 1.54) is 24.3 Å². The number of carbonyl (C=O) groups excluding carboxylic acids is 1. The van der Waals surface area contributed by atoms with Gasteiger partial charge in [0, 0.05) is 18.1 Å². The number of hydrogen-bond acceptors (Lipinski definition) is 2. The van der Waals surface area contributed by atoms with Crippen LogP contribution in [0, 0.1) is 11.8 Å². The molecule has 0 aromatic heterocycles. The van der Waals surface area contributed by atoms with Crippen LogP contribution in [0.4, 0.5) is 23.7 Å². The second-order valence-electron chi connectivity index (χ2n) is 8.10. The number of carbonyl (C=O) groups is 2. The lowest BCUT2D eigenvalue weighted by atomic mass is 9.91. The summed E-state index contributed by atoms with van der Waals surface area (Å²) < 4.78 is 40.1. The zero-order chi connectivity index (χ0) is 22.3. The number of benzene rings is 2. The number of hydrogen-bond donors (Lipinski definition) is 2. The monoisotopic (exact) mass is 452 g/mol. The topological polar surface area (TPSA) is 69.6 Å². The molecule has 1 aliphatic carbocycles. The van der Waals surface area contributed by atoms with Gasteiger partial charge in [-0.25, -0.2) is 9.59 Å². The number of anilines is 1. The van der Waals surface area contributed by atoms with Crippen molar-refractivity contribution >= 4 is 29.3 Å². The van der Waals surface area contributed by atoms with Crippen molar-refractivity contribution in [2.45, 2.75) is 24.9 Å². The van der Waals surface area contributed by atoms with E-state index in [2.05, 4.69) is 5.32 Å². The van der Waals surface area contributed by atoms with Crippen molar-refractivity contribution in [2.75, 3.05) is 18.4 Å². The summed E-state index contributed by atoms with van der Waals surface area (Å²) >= 11 is 5.84. The van der Waals surface area contributed by atoms with Gasteiger partial charge >= 0.3 is 18.2 Å². The molecule has 2 aliphatic rings. The van der Waals surface area contributed by atoms with Gasteiger partial charge in [-0.05, 0) is 60.4 Å². The first-order valence-electron chi connectivity index (χ1n) is 9.88. The molecule has 1 aliphatic heterocycles. The Labute approximate surface area is 181 Å². The highest BCUT2D eigenvalue weighted by Gasteiger charge is 2.45. The maximum absolute atomic E-state index is 13.4. The standard InChI is InChI=1S/C22H20ClF3N2O3/c23-15-5-6-19(17(9-15)20(29)30)27-21(31)28-10-13-7-12(8-14(13)11-28)16-3-1-2-4-18(16)22(24,25)26/h1-6,9,12-14H,7-8,10-11H2,(H,27,31)(H,29,30)/t12-,13+,14-. The number of carboxylic acids is 1. The summed E-state index contributed by atoms with van der Waals surface area (Å²) in [4.78, 5) is 25.7. The van der Waals surface area contributed by atoms with Gasteiger partial charge < -0.3 is 15.3 Å². The molecule has 164 valence electrons. The molecule has 2 N–H and O–H groups in total. The minimum atomic E-state index is -4.39. The minimum Gasteiger partial charge on any atom is -0.478 e. The highest BCUT2D eigenvalue weighted by molar-refractivity contribution is 6.31. The van der Waals surface area contributed by atoms with Crippen LogP contribution in [0.3, 0.4) is 0 Å². The van der Waals surface area contributed by atoms with Gasteiger partial charge in [-0.1, -0.05) is 29.8 Å². The number of urea groups is 1. The SMILES string of the molecule is O=C(O)c1cc(Cl)ccc1NC(=O)N1C[C@H]2C[C@H](c3ccccc3C(F)(F)F)C[C@H]2C1. The number of aromatic carboxylic acids is 1. The first-order valence-corrected chi connectivity index (χ1v) is 10.3. The van der Waals surface area contributed by atoms with Gasteiger partial charge in [0.05, 0.1) is 16.8 Å². The van der Waals surface area contributed by atoms with E-state index < -0.39 is 23.7 Å². The number of fused-ring (bicyclic) bond motifs is 1. The Hall–Kier alpha value is -2.74. The number of alkyl halides is 3. The summed E-state index contributed by atoms with van der Waals surface area (Å²) in [7, 11) is 0. The molecule has 1 saturated heterocycles. The molecule has 5 nitrogen and oxygen atoms in total.